The second kappa shape index (κ2) is 11.6. The van der Waals surface area contributed by atoms with E-state index in [9.17, 15) is 14.4 Å². The number of likely N-dealkylation sites (tertiary alicyclic amines) is 1. The molecule has 8 heteroatoms. The number of esters is 1. The molecule has 0 aliphatic carbocycles. The van der Waals surface area contributed by atoms with Gasteiger partial charge in [-0.1, -0.05) is 12.1 Å². The molecule has 1 aliphatic rings. The molecule has 1 fully saturated rings. The highest BCUT2D eigenvalue weighted by Crippen LogP contribution is 2.22. The Morgan fingerprint density at radius 1 is 1.10 bits per heavy atom. The van der Waals surface area contributed by atoms with E-state index in [-0.39, 0.29) is 18.1 Å². The highest BCUT2D eigenvalue weighted by molar-refractivity contribution is 5.89. The quantitative estimate of drug-likeness (QED) is 0.635. The Kier molecular flexibility index (Phi) is 9.15. The molecule has 1 heterocycles. The van der Waals surface area contributed by atoms with Crippen molar-refractivity contribution in [2.75, 3.05) is 32.1 Å². The molecule has 2 N–H and O–H groups in total. The van der Waals surface area contributed by atoms with E-state index in [1.54, 1.807) is 4.90 Å². The Hall–Kier alpha value is -2.77. The number of nitrogens with one attached hydrogen (secondary N) is 2. The van der Waals surface area contributed by atoms with Crippen LogP contribution in [0.5, 0.6) is 0 Å². The largest absolute Gasteiger partial charge is 0.469 e. The molecule has 1 aromatic rings. The molecule has 2 rings (SSSR count). The summed E-state index contributed by atoms with van der Waals surface area (Å²) in [6.07, 6.45) is 3.39. The lowest BCUT2D eigenvalue weighted by molar-refractivity contribution is -0.140. The molecule has 0 bridgehead atoms. The molecule has 3 amide bonds. The van der Waals surface area contributed by atoms with Crippen LogP contribution in [0.1, 0.15) is 52.0 Å². The third kappa shape index (κ3) is 9.27. The van der Waals surface area contributed by atoms with Gasteiger partial charge < -0.3 is 25.0 Å². The number of carbonyl (C=O) groups is 3. The van der Waals surface area contributed by atoms with Gasteiger partial charge in [-0.3, -0.25) is 4.79 Å². The topological polar surface area (TPSA) is 97.0 Å². The first kappa shape index (κ1) is 24.5. The van der Waals surface area contributed by atoms with Crippen molar-refractivity contribution < 1.29 is 23.9 Å². The minimum Gasteiger partial charge on any atom is -0.469 e. The third-order valence-electron chi connectivity index (χ3n) is 5.16. The van der Waals surface area contributed by atoms with Crippen molar-refractivity contribution in [2.24, 2.45) is 5.92 Å². The summed E-state index contributed by atoms with van der Waals surface area (Å²) in [4.78, 5) is 37.2. The molecule has 0 radical (unpaired) electrons. The van der Waals surface area contributed by atoms with Gasteiger partial charge >= 0.3 is 18.1 Å². The van der Waals surface area contributed by atoms with Crippen molar-refractivity contribution in [2.45, 2.75) is 58.5 Å². The van der Waals surface area contributed by atoms with Gasteiger partial charge in [-0.05, 0) is 70.1 Å². The molecule has 0 unspecified atom stereocenters. The molecule has 31 heavy (non-hydrogen) atoms. The average Bonchev–Trinajstić information content (AvgIpc) is 2.72. The predicted octanol–water partition coefficient (Wildman–Crippen LogP) is 3.95. The molecule has 0 atom stereocenters. The lowest BCUT2D eigenvalue weighted by atomic mass is 9.94. The summed E-state index contributed by atoms with van der Waals surface area (Å²) >= 11 is 0. The van der Waals surface area contributed by atoms with Gasteiger partial charge in [-0.2, -0.15) is 0 Å². The molecule has 172 valence electrons. The molecule has 1 aliphatic heterocycles. The summed E-state index contributed by atoms with van der Waals surface area (Å²) in [5, 5.41) is 5.70. The number of aryl methyl sites for hydroxylation is 1. The van der Waals surface area contributed by atoms with Crippen LogP contribution in [-0.4, -0.2) is 55.3 Å². The molecular weight excluding hydrogens is 398 g/mol. The van der Waals surface area contributed by atoms with E-state index in [2.05, 4.69) is 15.4 Å². The minimum absolute atomic E-state index is 0.239. The number of rotatable bonds is 7. The molecule has 0 spiro atoms. The standard InChI is InChI=1S/C23H35N3O5/c1-23(2,3)31-22(29)26-15-12-18(13-16-26)11-14-24-21(28)25-19-8-5-17(6-9-19)7-10-20(27)30-4/h5-6,8-9,18H,7,10-16H2,1-4H3,(H2,24,25,28). The van der Waals surface area contributed by atoms with E-state index >= 15 is 0 Å². The van der Waals surface area contributed by atoms with E-state index in [1.807, 2.05) is 45.0 Å². The second-order valence-corrected chi connectivity index (χ2v) is 8.85. The number of methoxy groups -OCH3 is 1. The lowest BCUT2D eigenvalue weighted by Crippen LogP contribution is -2.42. The number of hydrogen-bond acceptors (Lipinski definition) is 5. The predicted molar refractivity (Wildman–Crippen MR) is 119 cm³/mol. The highest BCUT2D eigenvalue weighted by atomic mass is 16.6. The average molecular weight is 434 g/mol. The molecule has 1 saturated heterocycles. The van der Waals surface area contributed by atoms with Crippen LogP contribution < -0.4 is 10.6 Å². The van der Waals surface area contributed by atoms with Crippen LogP contribution in [0.4, 0.5) is 15.3 Å². The maximum atomic E-state index is 12.1. The number of hydrogen-bond donors (Lipinski definition) is 2. The van der Waals surface area contributed by atoms with Gasteiger partial charge in [0.1, 0.15) is 5.60 Å². The van der Waals surface area contributed by atoms with Gasteiger partial charge in [0, 0.05) is 31.7 Å². The Morgan fingerprint density at radius 3 is 2.32 bits per heavy atom. The number of amides is 3. The van der Waals surface area contributed by atoms with Gasteiger partial charge in [-0.15, -0.1) is 0 Å². The molecule has 1 aromatic carbocycles. The monoisotopic (exact) mass is 433 g/mol. The van der Waals surface area contributed by atoms with Crippen LogP contribution in [0, 0.1) is 5.92 Å². The molecule has 8 nitrogen and oxygen atoms in total. The van der Waals surface area contributed by atoms with E-state index < -0.39 is 5.60 Å². The van der Waals surface area contributed by atoms with E-state index in [1.165, 1.54) is 7.11 Å². The number of benzene rings is 1. The first-order valence-corrected chi connectivity index (χ1v) is 10.8. The number of urea groups is 1. The van der Waals surface area contributed by atoms with E-state index in [4.69, 9.17) is 4.74 Å². The first-order valence-electron chi connectivity index (χ1n) is 10.8. The smallest absolute Gasteiger partial charge is 0.410 e. The number of carbonyl (C=O) groups excluding carboxylic acids is 3. The van der Waals surface area contributed by atoms with Crippen molar-refractivity contribution >= 4 is 23.8 Å². The van der Waals surface area contributed by atoms with Crippen molar-refractivity contribution in [3.63, 3.8) is 0 Å². The number of anilines is 1. The highest BCUT2D eigenvalue weighted by Gasteiger charge is 2.26. The van der Waals surface area contributed by atoms with E-state index in [0.29, 0.717) is 44.1 Å². The number of piperidine rings is 1. The Bertz CT molecular complexity index is 735. The lowest BCUT2D eigenvalue weighted by Gasteiger charge is -2.33. The Balaban J connectivity index is 1.63. The van der Waals surface area contributed by atoms with Crippen molar-refractivity contribution in [3.05, 3.63) is 29.8 Å². The summed E-state index contributed by atoms with van der Waals surface area (Å²) in [6, 6.07) is 7.17. The summed E-state index contributed by atoms with van der Waals surface area (Å²) in [5.41, 5.74) is 1.23. The normalized spacial score (nSPS) is 14.6. The first-order chi connectivity index (χ1) is 14.7. The SMILES string of the molecule is COC(=O)CCc1ccc(NC(=O)NCCC2CCN(C(=O)OC(C)(C)C)CC2)cc1. The maximum Gasteiger partial charge on any atom is 0.410 e. The number of ether oxygens (including phenoxy) is 2. The number of nitrogens with zero attached hydrogens (tertiary/aromatic N) is 1. The summed E-state index contributed by atoms with van der Waals surface area (Å²) in [6.45, 7) is 7.57. The zero-order valence-corrected chi connectivity index (χ0v) is 19.0. The fourth-order valence-corrected chi connectivity index (χ4v) is 3.40. The van der Waals surface area contributed by atoms with Gasteiger partial charge in [0.15, 0.2) is 0 Å². The van der Waals surface area contributed by atoms with Crippen LogP contribution in [0.3, 0.4) is 0 Å². The summed E-state index contributed by atoms with van der Waals surface area (Å²) in [5.74, 6) is 0.241. The van der Waals surface area contributed by atoms with Crippen LogP contribution in [0.2, 0.25) is 0 Å². The molecule has 0 saturated carbocycles. The van der Waals surface area contributed by atoms with Gasteiger partial charge in [0.2, 0.25) is 0 Å². The summed E-state index contributed by atoms with van der Waals surface area (Å²) in [7, 11) is 1.38. The van der Waals surface area contributed by atoms with Crippen molar-refractivity contribution in [1.29, 1.82) is 0 Å². The van der Waals surface area contributed by atoms with Crippen LogP contribution >= 0.6 is 0 Å². The van der Waals surface area contributed by atoms with Crippen molar-refractivity contribution in [1.82, 2.24) is 10.2 Å². The zero-order valence-electron chi connectivity index (χ0n) is 19.0. The Morgan fingerprint density at radius 2 is 1.74 bits per heavy atom. The maximum absolute atomic E-state index is 12.1. The van der Waals surface area contributed by atoms with Crippen LogP contribution in [-0.2, 0) is 20.7 Å². The van der Waals surface area contributed by atoms with Crippen molar-refractivity contribution in [3.8, 4) is 0 Å². The second-order valence-electron chi connectivity index (χ2n) is 8.85. The van der Waals surface area contributed by atoms with Crippen LogP contribution in [0.15, 0.2) is 24.3 Å². The minimum atomic E-state index is -0.478. The van der Waals surface area contributed by atoms with Crippen LogP contribution in [0.25, 0.3) is 0 Å². The van der Waals surface area contributed by atoms with Gasteiger partial charge in [-0.25, -0.2) is 9.59 Å². The third-order valence-corrected chi connectivity index (χ3v) is 5.16. The van der Waals surface area contributed by atoms with Gasteiger partial charge in [0.05, 0.1) is 7.11 Å². The zero-order chi connectivity index (χ0) is 22.9. The summed E-state index contributed by atoms with van der Waals surface area (Å²) < 4.78 is 10.1. The molecule has 0 aromatic heterocycles. The Labute approximate surface area is 184 Å². The van der Waals surface area contributed by atoms with E-state index in [0.717, 1.165) is 24.8 Å². The van der Waals surface area contributed by atoms with Gasteiger partial charge in [0.25, 0.3) is 0 Å². The molecular formula is C23H35N3O5. The fraction of sp³-hybridized carbons (Fsp3) is 0.609. The fourth-order valence-electron chi connectivity index (χ4n) is 3.40.